The van der Waals surface area contributed by atoms with Crippen LogP contribution in [0, 0.1) is 11.8 Å². The number of hydrogen-bond acceptors (Lipinski definition) is 2. The minimum atomic E-state index is 0.109. The third kappa shape index (κ3) is 4.30. The Balaban J connectivity index is 1.70. The fourth-order valence-electron chi connectivity index (χ4n) is 3.33. The van der Waals surface area contributed by atoms with Crippen molar-refractivity contribution in [3.8, 4) is 0 Å². The van der Waals surface area contributed by atoms with Crippen molar-refractivity contribution in [3.05, 3.63) is 0 Å². The lowest BCUT2D eigenvalue weighted by Gasteiger charge is -2.34. The highest BCUT2D eigenvalue weighted by atomic mass is 16.1. The molecule has 2 aliphatic rings. The van der Waals surface area contributed by atoms with Gasteiger partial charge in [0.1, 0.15) is 0 Å². The standard InChI is InChI=1S/C14H26N2O/c1-12(17)15-9-14-7-4-8-16(11-14)10-13-5-2-3-6-13/h13-14H,2-11H2,1H3,(H,15,17)/t14-/m1/s1. The Kier molecular flexibility index (Phi) is 4.84. The van der Waals surface area contributed by atoms with Gasteiger partial charge >= 0.3 is 0 Å². The lowest BCUT2D eigenvalue weighted by molar-refractivity contribution is -0.119. The highest BCUT2D eigenvalue weighted by molar-refractivity contribution is 5.72. The third-order valence-electron chi connectivity index (χ3n) is 4.23. The SMILES string of the molecule is CC(=O)NC[C@H]1CCCN(CC2CCCC2)C1. The average Bonchev–Trinajstić information content (AvgIpc) is 2.80. The van der Waals surface area contributed by atoms with Crippen LogP contribution in [-0.4, -0.2) is 37.0 Å². The molecule has 0 unspecified atom stereocenters. The zero-order chi connectivity index (χ0) is 12.1. The average molecular weight is 238 g/mol. The lowest BCUT2D eigenvalue weighted by atomic mass is 9.96. The Morgan fingerprint density at radius 2 is 1.88 bits per heavy atom. The summed E-state index contributed by atoms with van der Waals surface area (Å²) >= 11 is 0. The summed E-state index contributed by atoms with van der Waals surface area (Å²) in [7, 11) is 0. The summed E-state index contributed by atoms with van der Waals surface area (Å²) in [6, 6.07) is 0. The summed E-state index contributed by atoms with van der Waals surface area (Å²) in [5, 5.41) is 2.96. The molecule has 0 bridgehead atoms. The van der Waals surface area contributed by atoms with E-state index in [0.29, 0.717) is 5.92 Å². The second kappa shape index (κ2) is 6.39. The summed E-state index contributed by atoms with van der Waals surface area (Å²) in [5.74, 6) is 1.74. The molecule has 0 spiro atoms. The molecule has 98 valence electrons. The van der Waals surface area contributed by atoms with Gasteiger partial charge in [-0.05, 0) is 44.1 Å². The highest BCUT2D eigenvalue weighted by Crippen LogP contribution is 2.27. The molecule has 1 amide bonds. The fourth-order valence-corrected chi connectivity index (χ4v) is 3.33. The number of likely N-dealkylation sites (tertiary alicyclic amines) is 1. The summed E-state index contributed by atoms with van der Waals surface area (Å²) in [6.45, 7) is 6.25. The molecule has 1 aliphatic heterocycles. The molecule has 2 rings (SSSR count). The quantitative estimate of drug-likeness (QED) is 0.812. The minimum Gasteiger partial charge on any atom is -0.356 e. The maximum absolute atomic E-state index is 10.9. The van der Waals surface area contributed by atoms with E-state index in [9.17, 15) is 4.79 Å². The van der Waals surface area contributed by atoms with Crippen LogP contribution in [0.25, 0.3) is 0 Å². The van der Waals surface area contributed by atoms with E-state index in [-0.39, 0.29) is 5.91 Å². The molecule has 0 radical (unpaired) electrons. The normalized spacial score (nSPS) is 27.2. The van der Waals surface area contributed by atoms with Crippen molar-refractivity contribution < 1.29 is 4.79 Å². The Hall–Kier alpha value is -0.570. The molecule has 1 saturated heterocycles. The van der Waals surface area contributed by atoms with Gasteiger partial charge in [0.25, 0.3) is 0 Å². The van der Waals surface area contributed by atoms with Crippen molar-refractivity contribution >= 4 is 5.91 Å². The molecule has 3 heteroatoms. The fraction of sp³-hybridized carbons (Fsp3) is 0.929. The predicted octanol–water partition coefficient (Wildman–Crippen LogP) is 2.02. The second-order valence-corrected chi connectivity index (χ2v) is 5.86. The molecule has 1 aliphatic carbocycles. The number of carbonyl (C=O) groups is 1. The molecule has 1 saturated carbocycles. The second-order valence-electron chi connectivity index (χ2n) is 5.86. The Morgan fingerprint density at radius 3 is 2.59 bits per heavy atom. The van der Waals surface area contributed by atoms with E-state index < -0.39 is 0 Å². The van der Waals surface area contributed by atoms with Gasteiger partial charge in [-0.1, -0.05) is 12.8 Å². The van der Waals surface area contributed by atoms with E-state index >= 15 is 0 Å². The molecule has 3 nitrogen and oxygen atoms in total. The van der Waals surface area contributed by atoms with Gasteiger partial charge in [-0.3, -0.25) is 4.79 Å². The van der Waals surface area contributed by atoms with Crippen LogP contribution in [0.2, 0.25) is 0 Å². The molecule has 0 aromatic carbocycles. The number of carbonyl (C=O) groups excluding carboxylic acids is 1. The molecule has 1 heterocycles. The monoisotopic (exact) mass is 238 g/mol. The Bertz CT molecular complexity index is 249. The van der Waals surface area contributed by atoms with E-state index in [4.69, 9.17) is 0 Å². The molecular formula is C14H26N2O. The first-order chi connectivity index (χ1) is 8.24. The van der Waals surface area contributed by atoms with Crippen LogP contribution in [0.4, 0.5) is 0 Å². The van der Waals surface area contributed by atoms with E-state index in [0.717, 1.165) is 12.5 Å². The molecule has 1 atom stereocenters. The summed E-state index contributed by atoms with van der Waals surface area (Å²) < 4.78 is 0. The molecular weight excluding hydrogens is 212 g/mol. The van der Waals surface area contributed by atoms with E-state index in [1.807, 2.05) is 0 Å². The van der Waals surface area contributed by atoms with Gasteiger partial charge in [0.2, 0.25) is 5.91 Å². The largest absolute Gasteiger partial charge is 0.356 e. The van der Waals surface area contributed by atoms with Crippen LogP contribution in [-0.2, 0) is 4.79 Å². The van der Waals surface area contributed by atoms with Crippen molar-refractivity contribution in [2.24, 2.45) is 11.8 Å². The topological polar surface area (TPSA) is 32.3 Å². The summed E-state index contributed by atoms with van der Waals surface area (Å²) in [5.41, 5.74) is 0. The maximum Gasteiger partial charge on any atom is 0.216 e. The van der Waals surface area contributed by atoms with Crippen LogP contribution in [0.3, 0.4) is 0 Å². The smallest absolute Gasteiger partial charge is 0.216 e. The number of rotatable bonds is 4. The van der Waals surface area contributed by atoms with Gasteiger partial charge in [0.05, 0.1) is 0 Å². The zero-order valence-corrected chi connectivity index (χ0v) is 11.1. The van der Waals surface area contributed by atoms with E-state index in [2.05, 4.69) is 10.2 Å². The van der Waals surface area contributed by atoms with E-state index in [1.165, 1.54) is 58.2 Å². The van der Waals surface area contributed by atoms with E-state index in [1.54, 1.807) is 6.92 Å². The van der Waals surface area contributed by atoms with Crippen molar-refractivity contribution in [1.29, 1.82) is 0 Å². The van der Waals surface area contributed by atoms with Gasteiger partial charge in [-0.15, -0.1) is 0 Å². The van der Waals surface area contributed by atoms with Crippen molar-refractivity contribution in [2.75, 3.05) is 26.2 Å². The lowest BCUT2D eigenvalue weighted by Crippen LogP contribution is -2.42. The van der Waals surface area contributed by atoms with Crippen LogP contribution in [0.5, 0.6) is 0 Å². The van der Waals surface area contributed by atoms with Gasteiger partial charge < -0.3 is 10.2 Å². The highest BCUT2D eigenvalue weighted by Gasteiger charge is 2.23. The molecule has 0 aromatic rings. The van der Waals surface area contributed by atoms with Crippen molar-refractivity contribution in [3.63, 3.8) is 0 Å². The van der Waals surface area contributed by atoms with Gasteiger partial charge in [0, 0.05) is 26.6 Å². The molecule has 1 N–H and O–H groups in total. The molecule has 0 aromatic heterocycles. The zero-order valence-electron chi connectivity index (χ0n) is 11.1. The first-order valence-corrected chi connectivity index (χ1v) is 7.21. The Morgan fingerprint density at radius 1 is 1.18 bits per heavy atom. The number of amides is 1. The van der Waals surface area contributed by atoms with Gasteiger partial charge in [-0.2, -0.15) is 0 Å². The summed E-state index contributed by atoms with van der Waals surface area (Å²) in [4.78, 5) is 13.6. The Labute approximate surface area is 105 Å². The van der Waals surface area contributed by atoms with Gasteiger partial charge in [0.15, 0.2) is 0 Å². The van der Waals surface area contributed by atoms with Crippen LogP contribution < -0.4 is 5.32 Å². The minimum absolute atomic E-state index is 0.109. The predicted molar refractivity (Wildman–Crippen MR) is 69.8 cm³/mol. The third-order valence-corrected chi connectivity index (χ3v) is 4.23. The maximum atomic E-state index is 10.9. The van der Waals surface area contributed by atoms with Crippen LogP contribution in [0.15, 0.2) is 0 Å². The molecule has 2 fully saturated rings. The van der Waals surface area contributed by atoms with Gasteiger partial charge in [-0.25, -0.2) is 0 Å². The van der Waals surface area contributed by atoms with Crippen molar-refractivity contribution in [2.45, 2.75) is 45.4 Å². The first kappa shape index (κ1) is 12.9. The number of nitrogens with zero attached hydrogens (tertiary/aromatic N) is 1. The number of piperidine rings is 1. The van der Waals surface area contributed by atoms with Crippen molar-refractivity contribution in [1.82, 2.24) is 10.2 Å². The number of hydrogen-bond donors (Lipinski definition) is 1. The number of nitrogens with one attached hydrogen (secondary N) is 1. The van der Waals surface area contributed by atoms with Crippen LogP contribution in [0.1, 0.15) is 45.4 Å². The summed E-state index contributed by atoms with van der Waals surface area (Å²) in [6.07, 6.45) is 8.33. The first-order valence-electron chi connectivity index (χ1n) is 7.21. The molecule has 17 heavy (non-hydrogen) atoms. The van der Waals surface area contributed by atoms with Crippen LogP contribution >= 0.6 is 0 Å².